The Morgan fingerprint density at radius 2 is 1.00 bits per heavy atom. The van der Waals surface area contributed by atoms with E-state index in [1.165, 1.54) is 21.5 Å². The van der Waals surface area contributed by atoms with Crippen molar-refractivity contribution in [2.24, 2.45) is 0 Å². The molecule has 0 saturated carbocycles. The van der Waals surface area contributed by atoms with E-state index in [1.807, 2.05) is 60.7 Å². The van der Waals surface area contributed by atoms with E-state index >= 15 is 0 Å². The van der Waals surface area contributed by atoms with Gasteiger partial charge in [-0.3, -0.25) is 0 Å². The van der Waals surface area contributed by atoms with Crippen molar-refractivity contribution in [3.63, 3.8) is 0 Å². The zero-order valence-corrected chi connectivity index (χ0v) is 29.8. The molecule has 10 aromatic rings. The van der Waals surface area contributed by atoms with E-state index in [2.05, 4.69) is 143 Å². The number of nitrogens with zero attached hydrogens (tertiary/aromatic N) is 4. The maximum Gasteiger partial charge on any atom is 0.194 e. The summed E-state index contributed by atoms with van der Waals surface area (Å²) in [4.78, 5) is 14.4. The summed E-state index contributed by atoms with van der Waals surface area (Å²) < 4.78 is 2.35. The molecule has 0 N–H and O–H groups in total. The average molecular weight is 701 g/mol. The predicted octanol–water partition coefficient (Wildman–Crippen LogP) is 13.6. The standard InChI is InChI=1S/C51H32N4/c1-52-46-22-12-10-20-43(46)40-29-41(51-53-47(35-15-4-2-5-16-35)33-48(54-51)36-17-6-3-7-18-36)31-42(30-40)55-49-23-13-11-21-44(49)45-27-26-39(32-50(45)55)38-25-24-34-14-8-9-19-37(34)28-38/h2-33H. The maximum absolute atomic E-state index is 8.06. The van der Waals surface area contributed by atoms with Crippen molar-refractivity contribution in [3.05, 3.63) is 206 Å². The number of benzene rings is 8. The first-order valence-electron chi connectivity index (χ1n) is 18.4. The van der Waals surface area contributed by atoms with Gasteiger partial charge in [-0.25, -0.2) is 14.8 Å². The molecule has 0 fully saturated rings. The Hall–Kier alpha value is -7.61. The van der Waals surface area contributed by atoms with Crippen LogP contribution in [0.15, 0.2) is 194 Å². The molecule has 0 spiro atoms. The fourth-order valence-electron chi connectivity index (χ4n) is 7.73. The Balaban J connectivity index is 1.25. The van der Waals surface area contributed by atoms with Crippen LogP contribution < -0.4 is 0 Å². The number of rotatable bonds is 6. The van der Waals surface area contributed by atoms with Gasteiger partial charge >= 0.3 is 0 Å². The van der Waals surface area contributed by atoms with E-state index < -0.39 is 0 Å². The van der Waals surface area contributed by atoms with E-state index in [9.17, 15) is 0 Å². The molecule has 0 aliphatic heterocycles. The molecule has 2 heterocycles. The molecule has 4 nitrogen and oxygen atoms in total. The highest BCUT2D eigenvalue weighted by molar-refractivity contribution is 6.10. The van der Waals surface area contributed by atoms with Crippen LogP contribution in [0.4, 0.5) is 5.69 Å². The molecule has 0 amide bonds. The summed E-state index contributed by atoms with van der Waals surface area (Å²) in [6.45, 7) is 8.06. The molecule has 0 unspecified atom stereocenters. The lowest BCUT2D eigenvalue weighted by Gasteiger charge is -2.15. The van der Waals surface area contributed by atoms with Crippen molar-refractivity contribution in [2.45, 2.75) is 0 Å². The van der Waals surface area contributed by atoms with E-state index in [-0.39, 0.29) is 0 Å². The number of hydrogen-bond donors (Lipinski definition) is 0. The van der Waals surface area contributed by atoms with Crippen LogP contribution in [0.5, 0.6) is 0 Å². The fraction of sp³-hybridized carbons (Fsp3) is 0. The molecule has 256 valence electrons. The van der Waals surface area contributed by atoms with Crippen LogP contribution in [0.1, 0.15) is 0 Å². The second-order valence-corrected chi connectivity index (χ2v) is 13.7. The zero-order valence-electron chi connectivity index (χ0n) is 29.8. The van der Waals surface area contributed by atoms with Gasteiger partial charge in [-0.2, -0.15) is 0 Å². The third-order valence-electron chi connectivity index (χ3n) is 10.4. The molecular weight excluding hydrogens is 669 g/mol. The van der Waals surface area contributed by atoms with Gasteiger partial charge in [0.25, 0.3) is 0 Å². The third-order valence-corrected chi connectivity index (χ3v) is 10.4. The quantitative estimate of drug-likeness (QED) is 0.162. The van der Waals surface area contributed by atoms with Crippen LogP contribution in [-0.2, 0) is 0 Å². The first-order chi connectivity index (χ1) is 27.2. The normalized spacial score (nSPS) is 11.3. The van der Waals surface area contributed by atoms with E-state index in [1.54, 1.807) is 0 Å². The van der Waals surface area contributed by atoms with Gasteiger partial charge in [-0.15, -0.1) is 0 Å². The minimum absolute atomic E-state index is 0.593. The minimum atomic E-state index is 0.593. The van der Waals surface area contributed by atoms with Gasteiger partial charge in [0.2, 0.25) is 0 Å². The van der Waals surface area contributed by atoms with Crippen molar-refractivity contribution in [3.8, 4) is 61.8 Å². The summed E-state index contributed by atoms with van der Waals surface area (Å²) in [6.07, 6.45) is 0. The minimum Gasteiger partial charge on any atom is -0.309 e. The molecule has 0 atom stereocenters. The number of aromatic nitrogens is 3. The van der Waals surface area contributed by atoms with Crippen LogP contribution >= 0.6 is 0 Å². The molecule has 0 bridgehead atoms. The lowest BCUT2D eigenvalue weighted by Crippen LogP contribution is -1.99. The number of fused-ring (bicyclic) bond motifs is 4. The van der Waals surface area contributed by atoms with Gasteiger partial charge in [-0.05, 0) is 75.5 Å². The van der Waals surface area contributed by atoms with Gasteiger partial charge in [0.15, 0.2) is 11.5 Å². The molecule has 0 radical (unpaired) electrons. The van der Waals surface area contributed by atoms with Gasteiger partial charge in [0.05, 0.1) is 29.0 Å². The third kappa shape index (κ3) is 5.81. The summed E-state index contributed by atoms with van der Waals surface area (Å²) in [7, 11) is 0. The number of para-hydroxylation sites is 2. The highest BCUT2D eigenvalue weighted by Crippen LogP contribution is 2.40. The summed E-state index contributed by atoms with van der Waals surface area (Å²) in [5.41, 5.74) is 12.4. The highest BCUT2D eigenvalue weighted by atomic mass is 15.0. The first-order valence-corrected chi connectivity index (χ1v) is 18.4. The molecule has 10 rings (SSSR count). The lowest BCUT2D eigenvalue weighted by atomic mass is 9.99. The molecule has 0 aliphatic carbocycles. The van der Waals surface area contributed by atoms with Crippen molar-refractivity contribution in [2.75, 3.05) is 0 Å². The van der Waals surface area contributed by atoms with Crippen LogP contribution in [0.2, 0.25) is 0 Å². The second kappa shape index (κ2) is 13.4. The molecule has 55 heavy (non-hydrogen) atoms. The topological polar surface area (TPSA) is 35.1 Å². The van der Waals surface area contributed by atoms with Crippen LogP contribution in [0.3, 0.4) is 0 Å². The predicted molar refractivity (Wildman–Crippen MR) is 227 cm³/mol. The zero-order chi connectivity index (χ0) is 36.7. The van der Waals surface area contributed by atoms with E-state index in [0.717, 1.165) is 67.1 Å². The SMILES string of the molecule is [C-]#[N+]c1ccccc1-c1cc(-c2nc(-c3ccccc3)cc(-c3ccccc3)n2)cc(-n2c3ccccc3c3ccc(-c4ccc5ccccc5c4)cc32)c1. The smallest absolute Gasteiger partial charge is 0.194 e. The Labute approximate surface area is 319 Å². The van der Waals surface area contributed by atoms with Gasteiger partial charge in [0.1, 0.15) is 0 Å². The molecular formula is C51H32N4. The largest absolute Gasteiger partial charge is 0.309 e. The Morgan fingerprint density at radius 3 is 1.76 bits per heavy atom. The Bertz CT molecular complexity index is 3040. The van der Waals surface area contributed by atoms with Crippen LogP contribution in [0, 0.1) is 6.57 Å². The molecule has 8 aromatic carbocycles. The number of hydrogen-bond acceptors (Lipinski definition) is 2. The molecule has 0 aliphatic rings. The average Bonchev–Trinajstić information content (AvgIpc) is 3.60. The second-order valence-electron chi connectivity index (χ2n) is 13.7. The fourth-order valence-corrected chi connectivity index (χ4v) is 7.73. The van der Waals surface area contributed by atoms with E-state index in [4.69, 9.17) is 16.5 Å². The first kappa shape index (κ1) is 32.1. The lowest BCUT2D eigenvalue weighted by molar-refractivity contribution is 1.16. The summed E-state index contributed by atoms with van der Waals surface area (Å²) in [5, 5.41) is 4.77. The Kier molecular flexibility index (Phi) is 7.83. The van der Waals surface area contributed by atoms with E-state index in [0.29, 0.717) is 11.5 Å². The van der Waals surface area contributed by atoms with Crippen molar-refractivity contribution >= 4 is 38.3 Å². The monoisotopic (exact) mass is 700 g/mol. The van der Waals surface area contributed by atoms with Crippen molar-refractivity contribution in [1.82, 2.24) is 14.5 Å². The summed E-state index contributed by atoms with van der Waals surface area (Å²) in [5.74, 6) is 0.612. The van der Waals surface area contributed by atoms with Gasteiger partial charge in [0, 0.05) is 33.2 Å². The summed E-state index contributed by atoms with van der Waals surface area (Å²) in [6, 6.07) is 67.4. The molecule has 0 saturated heterocycles. The van der Waals surface area contributed by atoms with Crippen LogP contribution in [0.25, 0.3) is 99.3 Å². The molecule has 2 aromatic heterocycles. The highest BCUT2D eigenvalue weighted by Gasteiger charge is 2.18. The van der Waals surface area contributed by atoms with Crippen molar-refractivity contribution in [1.29, 1.82) is 0 Å². The molecule has 4 heteroatoms. The van der Waals surface area contributed by atoms with Crippen LogP contribution in [-0.4, -0.2) is 14.5 Å². The van der Waals surface area contributed by atoms with Gasteiger partial charge < -0.3 is 4.57 Å². The van der Waals surface area contributed by atoms with Gasteiger partial charge in [-0.1, -0.05) is 152 Å². The van der Waals surface area contributed by atoms with Crippen molar-refractivity contribution < 1.29 is 0 Å². The summed E-state index contributed by atoms with van der Waals surface area (Å²) >= 11 is 0. The Morgan fingerprint density at radius 1 is 0.400 bits per heavy atom. The maximum atomic E-state index is 8.06.